The Labute approximate surface area is 124 Å². The molecule has 0 saturated heterocycles. The fourth-order valence-electron chi connectivity index (χ4n) is 2.48. The summed E-state index contributed by atoms with van der Waals surface area (Å²) in [6.45, 7) is 9.35. The van der Waals surface area contributed by atoms with Gasteiger partial charge in [-0.1, -0.05) is 13.8 Å². The lowest BCUT2D eigenvalue weighted by atomic mass is 9.96. The van der Waals surface area contributed by atoms with Crippen molar-refractivity contribution in [1.82, 2.24) is 0 Å². The monoisotopic (exact) mass is 294 g/mol. The lowest BCUT2D eigenvalue weighted by molar-refractivity contribution is 0.0636. The zero-order valence-corrected chi connectivity index (χ0v) is 13.2. The van der Waals surface area contributed by atoms with E-state index in [1.54, 1.807) is 26.8 Å². The lowest BCUT2D eigenvalue weighted by Gasteiger charge is -2.21. The van der Waals surface area contributed by atoms with E-state index in [-0.39, 0.29) is 11.2 Å². The van der Waals surface area contributed by atoms with Gasteiger partial charge in [0.2, 0.25) is 0 Å². The molecule has 1 saturated carbocycles. The van der Waals surface area contributed by atoms with Crippen LogP contribution in [0.5, 0.6) is 0 Å². The van der Waals surface area contributed by atoms with Gasteiger partial charge in [0.05, 0.1) is 0 Å². The first-order chi connectivity index (χ1) is 9.45. The molecule has 1 fully saturated rings. The van der Waals surface area contributed by atoms with Gasteiger partial charge in [0, 0.05) is 16.8 Å². The Morgan fingerprint density at radius 1 is 1.38 bits per heavy atom. The van der Waals surface area contributed by atoms with Crippen LogP contribution in [0.1, 0.15) is 46.6 Å². The molecule has 3 N–H and O–H groups in total. The summed E-state index contributed by atoms with van der Waals surface area (Å²) in [7, 11) is 0. The van der Waals surface area contributed by atoms with Gasteiger partial charge in [0.1, 0.15) is 11.4 Å². The molecule has 1 aromatic carbocycles. The molecule has 1 atom stereocenters. The Bertz CT molecular complexity index is 578. The maximum atomic E-state index is 14.0. The molecule has 0 aliphatic heterocycles. The van der Waals surface area contributed by atoms with Crippen LogP contribution in [0, 0.1) is 11.2 Å². The maximum absolute atomic E-state index is 14.0. The van der Waals surface area contributed by atoms with Crippen LogP contribution in [0.2, 0.25) is 0 Å². The van der Waals surface area contributed by atoms with Crippen LogP contribution < -0.4 is 11.1 Å². The number of nitrogens with one attached hydrogen (secondary N) is 1. The van der Waals surface area contributed by atoms with Crippen molar-refractivity contribution in [1.29, 1.82) is 0 Å². The lowest BCUT2D eigenvalue weighted by Crippen LogP contribution is -2.28. The second kappa shape index (κ2) is 4.70. The van der Waals surface area contributed by atoms with Crippen LogP contribution in [-0.4, -0.2) is 11.7 Å². The number of halogens is 1. The van der Waals surface area contributed by atoms with E-state index in [1.165, 1.54) is 12.1 Å². The minimum absolute atomic E-state index is 0.140. The molecule has 1 amide bonds. The zero-order chi connectivity index (χ0) is 16.1. The predicted octanol–water partition coefficient (Wildman–Crippen LogP) is 3.76. The summed E-state index contributed by atoms with van der Waals surface area (Å²) in [6, 6.07) is 4.42. The Kier molecular flexibility index (Phi) is 3.53. The molecule has 1 aromatic rings. The molecule has 2 rings (SSSR count). The molecule has 4 nitrogen and oxygen atoms in total. The number of benzene rings is 1. The van der Waals surface area contributed by atoms with Crippen LogP contribution in [0.15, 0.2) is 18.2 Å². The number of nitrogens with two attached hydrogens (primary N) is 1. The Balaban J connectivity index is 2.19. The summed E-state index contributed by atoms with van der Waals surface area (Å²) < 4.78 is 19.2. The highest BCUT2D eigenvalue weighted by Crippen LogP contribution is 2.60. The van der Waals surface area contributed by atoms with Crippen LogP contribution in [0.4, 0.5) is 14.9 Å². The average Bonchev–Trinajstić information content (AvgIpc) is 2.79. The number of ether oxygens (including phenoxy) is 1. The first-order valence-electron chi connectivity index (χ1n) is 7.04. The highest BCUT2D eigenvalue weighted by atomic mass is 19.1. The number of hydrogen-bond acceptors (Lipinski definition) is 3. The van der Waals surface area contributed by atoms with Gasteiger partial charge in [-0.3, -0.25) is 5.32 Å². The van der Waals surface area contributed by atoms with E-state index in [0.29, 0.717) is 17.7 Å². The molecule has 0 spiro atoms. The summed E-state index contributed by atoms with van der Waals surface area (Å²) in [5.41, 5.74) is 5.77. The van der Waals surface area contributed by atoms with E-state index in [2.05, 4.69) is 5.32 Å². The van der Waals surface area contributed by atoms with Gasteiger partial charge in [0.25, 0.3) is 0 Å². The van der Waals surface area contributed by atoms with E-state index in [0.717, 1.165) is 0 Å². The molecule has 5 heteroatoms. The average molecular weight is 294 g/mol. The van der Waals surface area contributed by atoms with Crippen LogP contribution >= 0.6 is 0 Å². The smallest absolute Gasteiger partial charge is 0.412 e. The molecule has 1 aliphatic rings. The number of anilines is 1. The molecular weight excluding hydrogens is 271 g/mol. The number of rotatable bonds is 2. The summed E-state index contributed by atoms with van der Waals surface area (Å²) in [5, 5.41) is 2.61. The van der Waals surface area contributed by atoms with Crippen molar-refractivity contribution in [2.45, 2.75) is 52.2 Å². The minimum atomic E-state index is -0.678. The molecule has 0 aromatic heterocycles. The highest BCUT2D eigenvalue weighted by molar-refractivity contribution is 5.85. The third kappa shape index (κ3) is 3.18. The standard InChI is InChI=1S/C16H23FN2O2/c1-14(2,3)21-13(20)19-10-6-7-12(17)11(8-10)16(18)9-15(16,4)5/h6-8H,9,18H2,1-5H3,(H,19,20). The van der Waals surface area contributed by atoms with Gasteiger partial charge in [0.15, 0.2) is 0 Å². The van der Waals surface area contributed by atoms with Crippen LogP contribution in [0.3, 0.4) is 0 Å². The van der Waals surface area contributed by atoms with Crippen molar-refractivity contribution < 1.29 is 13.9 Å². The van der Waals surface area contributed by atoms with Gasteiger partial charge in [-0.05, 0) is 50.8 Å². The van der Waals surface area contributed by atoms with Crippen LogP contribution in [-0.2, 0) is 10.3 Å². The Morgan fingerprint density at radius 3 is 2.43 bits per heavy atom. The van der Waals surface area contributed by atoms with Crippen molar-refractivity contribution in [2.24, 2.45) is 11.1 Å². The minimum Gasteiger partial charge on any atom is -0.444 e. The Hall–Kier alpha value is -1.62. The molecule has 116 valence electrons. The molecule has 0 radical (unpaired) electrons. The van der Waals surface area contributed by atoms with Gasteiger partial charge < -0.3 is 10.5 Å². The zero-order valence-electron chi connectivity index (χ0n) is 13.2. The second-order valence-corrected chi connectivity index (χ2v) is 7.35. The summed E-state index contributed by atoms with van der Waals surface area (Å²) >= 11 is 0. The van der Waals surface area contributed by atoms with E-state index >= 15 is 0 Å². The number of carbonyl (C=O) groups is 1. The molecule has 0 heterocycles. The second-order valence-electron chi connectivity index (χ2n) is 7.35. The third-order valence-corrected chi connectivity index (χ3v) is 3.90. The number of carbonyl (C=O) groups excluding carboxylic acids is 1. The first kappa shape index (κ1) is 15.8. The van der Waals surface area contributed by atoms with Crippen LogP contribution in [0.25, 0.3) is 0 Å². The van der Waals surface area contributed by atoms with Crippen molar-refractivity contribution in [2.75, 3.05) is 5.32 Å². The molecule has 21 heavy (non-hydrogen) atoms. The number of hydrogen-bond donors (Lipinski definition) is 2. The fraction of sp³-hybridized carbons (Fsp3) is 0.562. The first-order valence-corrected chi connectivity index (χ1v) is 7.04. The molecule has 0 bridgehead atoms. The van der Waals surface area contributed by atoms with E-state index in [4.69, 9.17) is 10.5 Å². The van der Waals surface area contributed by atoms with E-state index in [9.17, 15) is 9.18 Å². The quantitative estimate of drug-likeness (QED) is 0.873. The van der Waals surface area contributed by atoms with Gasteiger partial charge in [-0.2, -0.15) is 0 Å². The predicted molar refractivity (Wildman–Crippen MR) is 80.5 cm³/mol. The molecular formula is C16H23FN2O2. The summed E-state index contributed by atoms with van der Waals surface area (Å²) in [5.74, 6) is -0.349. The topological polar surface area (TPSA) is 64.3 Å². The van der Waals surface area contributed by atoms with Gasteiger partial charge in [-0.15, -0.1) is 0 Å². The molecule has 1 aliphatic carbocycles. The van der Waals surface area contributed by atoms with E-state index in [1.807, 2.05) is 13.8 Å². The number of amides is 1. The largest absolute Gasteiger partial charge is 0.444 e. The van der Waals surface area contributed by atoms with Crippen molar-refractivity contribution in [3.05, 3.63) is 29.6 Å². The van der Waals surface area contributed by atoms with Gasteiger partial charge in [-0.25, -0.2) is 9.18 Å². The van der Waals surface area contributed by atoms with Crippen molar-refractivity contribution in [3.63, 3.8) is 0 Å². The highest BCUT2D eigenvalue weighted by Gasteiger charge is 2.60. The van der Waals surface area contributed by atoms with Gasteiger partial charge >= 0.3 is 6.09 Å². The van der Waals surface area contributed by atoms with Crippen molar-refractivity contribution >= 4 is 11.8 Å². The maximum Gasteiger partial charge on any atom is 0.412 e. The van der Waals surface area contributed by atoms with Crippen molar-refractivity contribution in [3.8, 4) is 0 Å². The normalized spacial score (nSPS) is 23.6. The third-order valence-electron chi connectivity index (χ3n) is 3.90. The summed E-state index contributed by atoms with van der Waals surface area (Å²) in [4.78, 5) is 11.8. The van der Waals surface area contributed by atoms with E-state index < -0.39 is 17.2 Å². The Morgan fingerprint density at radius 2 is 1.95 bits per heavy atom. The SMILES string of the molecule is CC(C)(C)OC(=O)Nc1ccc(F)c(C2(N)CC2(C)C)c1. The molecule has 1 unspecified atom stereocenters. The fourth-order valence-corrected chi connectivity index (χ4v) is 2.48. The summed E-state index contributed by atoms with van der Waals surface area (Å²) in [6.07, 6.45) is 0.147.